The molecule has 1 aromatic rings. The van der Waals surface area contributed by atoms with Gasteiger partial charge in [-0.2, -0.15) is 0 Å². The van der Waals surface area contributed by atoms with E-state index >= 15 is 0 Å². The molecule has 1 atom stereocenters. The number of nitrogens with one attached hydrogen (secondary N) is 1. The molecule has 1 unspecified atom stereocenters. The number of nitrogen functional groups attached to an aromatic ring is 1. The lowest BCUT2D eigenvalue weighted by molar-refractivity contribution is -0.116. The second kappa shape index (κ2) is 7.98. The highest BCUT2D eigenvalue weighted by Crippen LogP contribution is 2.16. The summed E-state index contributed by atoms with van der Waals surface area (Å²) in [6.45, 7) is 7.43. The molecule has 21 heavy (non-hydrogen) atoms. The Bertz CT molecular complexity index is 477. The van der Waals surface area contributed by atoms with Crippen molar-refractivity contribution >= 4 is 17.3 Å². The van der Waals surface area contributed by atoms with E-state index in [-0.39, 0.29) is 11.6 Å². The molecule has 0 saturated carbocycles. The predicted molar refractivity (Wildman–Crippen MR) is 85.6 cm³/mol. The maximum Gasteiger partial charge on any atom is 0.224 e. The van der Waals surface area contributed by atoms with Crippen LogP contribution in [-0.2, 0) is 4.79 Å². The summed E-state index contributed by atoms with van der Waals surface area (Å²) in [7, 11) is 2.07. The number of hydrogen-bond donors (Lipinski definition) is 2. The Morgan fingerprint density at radius 3 is 2.62 bits per heavy atom. The van der Waals surface area contributed by atoms with Crippen molar-refractivity contribution in [1.82, 2.24) is 4.90 Å². The van der Waals surface area contributed by atoms with E-state index < -0.39 is 5.82 Å². The molecule has 5 heteroatoms. The van der Waals surface area contributed by atoms with Crippen molar-refractivity contribution in [2.24, 2.45) is 5.92 Å². The minimum atomic E-state index is -0.475. The Morgan fingerprint density at radius 1 is 1.38 bits per heavy atom. The first-order valence-electron chi connectivity index (χ1n) is 7.36. The molecule has 3 N–H and O–H groups in total. The molecule has 4 nitrogen and oxygen atoms in total. The van der Waals surface area contributed by atoms with Crippen LogP contribution >= 0.6 is 0 Å². The van der Waals surface area contributed by atoms with Crippen LogP contribution in [0.25, 0.3) is 0 Å². The first kappa shape index (κ1) is 17.4. The number of carbonyl (C=O) groups excluding carboxylic acids is 1. The fourth-order valence-electron chi connectivity index (χ4n) is 2.05. The van der Waals surface area contributed by atoms with Crippen molar-refractivity contribution in [1.29, 1.82) is 0 Å². The fourth-order valence-corrected chi connectivity index (χ4v) is 2.05. The average molecular weight is 295 g/mol. The number of carbonyl (C=O) groups is 1. The van der Waals surface area contributed by atoms with E-state index in [4.69, 9.17) is 5.73 Å². The molecule has 0 aromatic heterocycles. The SMILES string of the molecule is CC(C)C(C)N(C)CCCC(=O)Nc1ccc(F)c(N)c1. The van der Waals surface area contributed by atoms with E-state index in [1.807, 2.05) is 0 Å². The van der Waals surface area contributed by atoms with Crippen molar-refractivity contribution in [2.45, 2.75) is 39.7 Å². The van der Waals surface area contributed by atoms with E-state index in [9.17, 15) is 9.18 Å². The highest BCUT2D eigenvalue weighted by atomic mass is 19.1. The Morgan fingerprint density at radius 2 is 2.05 bits per heavy atom. The van der Waals surface area contributed by atoms with E-state index in [1.54, 1.807) is 0 Å². The first-order chi connectivity index (χ1) is 9.81. The molecule has 0 aliphatic rings. The van der Waals surface area contributed by atoms with Gasteiger partial charge in [0.2, 0.25) is 5.91 Å². The molecular formula is C16H26FN3O. The number of anilines is 2. The smallest absolute Gasteiger partial charge is 0.224 e. The summed E-state index contributed by atoms with van der Waals surface area (Å²) in [5, 5.41) is 2.73. The summed E-state index contributed by atoms with van der Waals surface area (Å²) >= 11 is 0. The van der Waals surface area contributed by atoms with Gasteiger partial charge in [-0.25, -0.2) is 4.39 Å². The molecule has 0 fully saturated rings. The van der Waals surface area contributed by atoms with Gasteiger partial charge in [-0.15, -0.1) is 0 Å². The molecule has 1 amide bonds. The van der Waals surface area contributed by atoms with Crippen LogP contribution in [0.5, 0.6) is 0 Å². The normalized spacial score (nSPS) is 12.7. The number of hydrogen-bond acceptors (Lipinski definition) is 3. The second-order valence-electron chi connectivity index (χ2n) is 5.85. The molecule has 0 aliphatic carbocycles. The molecule has 0 saturated heterocycles. The van der Waals surface area contributed by atoms with Gasteiger partial charge < -0.3 is 16.0 Å². The van der Waals surface area contributed by atoms with E-state index in [0.717, 1.165) is 13.0 Å². The number of nitrogens with two attached hydrogens (primary N) is 1. The lowest BCUT2D eigenvalue weighted by Crippen LogP contribution is -2.34. The molecule has 0 bridgehead atoms. The zero-order valence-corrected chi connectivity index (χ0v) is 13.3. The van der Waals surface area contributed by atoms with Crippen LogP contribution in [0.3, 0.4) is 0 Å². The monoisotopic (exact) mass is 295 g/mol. The maximum absolute atomic E-state index is 13.0. The van der Waals surface area contributed by atoms with Gasteiger partial charge in [0.25, 0.3) is 0 Å². The number of rotatable bonds is 7. The Labute approximate surface area is 126 Å². The van der Waals surface area contributed by atoms with Gasteiger partial charge in [-0.05, 0) is 51.1 Å². The molecule has 0 spiro atoms. The van der Waals surface area contributed by atoms with Crippen LogP contribution in [-0.4, -0.2) is 30.4 Å². The summed E-state index contributed by atoms with van der Waals surface area (Å²) in [5.41, 5.74) is 6.04. The van der Waals surface area contributed by atoms with Gasteiger partial charge in [-0.1, -0.05) is 13.8 Å². The van der Waals surface area contributed by atoms with E-state index in [0.29, 0.717) is 24.1 Å². The summed E-state index contributed by atoms with van der Waals surface area (Å²) in [6, 6.07) is 4.68. The van der Waals surface area contributed by atoms with Gasteiger partial charge in [0, 0.05) is 18.2 Å². The van der Waals surface area contributed by atoms with Gasteiger partial charge >= 0.3 is 0 Å². The van der Waals surface area contributed by atoms with Crippen molar-refractivity contribution in [3.8, 4) is 0 Å². The third kappa shape index (κ3) is 5.71. The number of amides is 1. The molecule has 0 radical (unpaired) electrons. The third-order valence-electron chi connectivity index (χ3n) is 3.85. The van der Waals surface area contributed by atoms with Crippen LogP contribution in [0.15, 0.2) is 18.2 Å². The average Bonchev–Trinajstić information content (AvgIpc) is 2.41. The number of benzene rings is 1. The van der Waals surface area contributed by atoms with E-state index in [1.165, 1.54) is 18.2 Å². The zero-order chi connectivity index (χ0) is 16.0. The Hall–Kier alpha value is -1.62. The lowest BCUT2D eigenvalue weighted by atomic mass is 10.1. The summed E-state index contributed by atoms with van der Waals surface area (Å²) in [4.78, 5) is 14.1. The number of nitrogens with zero attached hydrogens (tertiary/aromatic N) is 1. The van der Waals surface area contributed by atoms with Crippen molar-refractivity contribution in [3.63, 3.8) is 0 Å². The fraction of sp³-hybridized carbons (Fsp3) is 0.562. The summed E-state index contributed by atoms with van der Waals surface area (Å²) in [5.74, 6) is 0.0370. The number of halogens is 1. The molecule has 118 valence electrons. The molecule has 0 aliphatic heterocycles. The van der Waals surface area contributed by atoms with E-state index in [2.05, 4.69) is 38.0 Å². The molecule has 0 heterocycles. The topological polar surface area (TPSA) is 58.4 Å². The van der Waals surface area contributed by atoms with Gasteiger partial charge in [-0.3, -0.25) is 4.79 Å². The van der Waals surface area contributed by atoms with Crippen molar-refractivity contribution in [3.05, 3.63) is 24.0 Å². The summed E-state index contributed by atoms with van der Waals surface area (Å²) in [6.07, 6.45) is 1.22. The van der Waals surface area contributed by atoms with Gasteiger partial charge in [0.05, 0.1) is 5.69 Å². The Balaban J connectivity index is 2.36. The maximum atomic E-state index is 13.0. The van der Waals surface area contributed by atoms with Gasteiger partial charge in [0.1, 0.15) is 5.82 Å². The van der Waals surface area contributed by atoms with Gasteiger partial charge in [0.15, 0.2) is 0 Å². The zero-order valence-electron chi connectivity index (χ0n) is 13.3. The van der Waals surface area contributed by atoms with Crippen LogP contribution in [0.4, 0.5) is 15.8 Å². The van der Waals surface area contributed by atoms with Crippen molar-refractivity contribution in [2.75, 3.05) is 24.6 Å². The molecule has 1 aromatic carbocycles. The minimum absolute atomic E-state index is 0.0401. The minimum Gasteiger partial charge on any atom is -0.396 e. The summed E-state index contributed by atoms with van der Waals surface area (Å²) < 4.78 is 13.0. The van der Waals surface area contributed by atoms with Crippen LogP contribution in [0.1, 0.15) is 33.6 Å². The quantitative estimate of drug-likeness (QED) is 0.760. The lowest BCUT2D eigenvalue weighted by Gasteiger charge is -2.27. The third-order valence-corrected chi connectivity index (χ3v) is 3.85. The van der Waals surface area contributed by atoms with Crippen LogP contribution in [0.2, 0.25) is 0 Å². The van der Waals surface area contributed by atoms with Crippen LogP contribution in [0, 0.1) is 11.7 Å². The van der Waals surface area contributed by atoms with Crippen LogP contribution < -0.4 is 11.1 Å². The largest absolute Gasteiger partial charge is 0.396 e. The highest BCUT2D eigenvalue weighted by molar-refractivity contribution is 5.91. The predicted octanol–water partition coefficient (Wildman–Crippen LogP) is 3.10. The van der Waals surface area contributed by atoms with Crippen molar-refractivity contribution < 1.29 is 9.18 Å². The second-order valence-corrected chi connectivity index (χ2v) is 5.85. The Kier molecular flexibility index (Phi) is 6.62. The first-order valence-corrected chi connectivity index (χ1v) is 7.36. The molecule has 1 rings (SSSR count). The molecular weight excluding hydrogens is 269 g/mol. The standard InChI is InChI=1S/C16H26FN3O/c1-11(2)12(3)20(4)9-5-6-16(21)19-13-7-8-14(17)15(18)10-13/h7-8,10-12H,5-6,9,18H2,1-4H3,(H,19,21). The highest BCUT2D eigenvalue weighted by Gasteiger charge is 2.13.